The standard InChI is InChI=1S/C17H13ClF3N3O2S/c18-16-6-5-14(10-15(16)17(19,20)21)27(25,26)23-13-4-1-3-12(9-13)11-24-8-2-7-22-24/h1-10,23H,11H2. The number of alkyl halides is 3. The number of hydrogen-bond acceptors (Lipinski definition) is 3. The van der Waals surface area contributed by atoms with Crippen LogP contribution in [0.25, 0.3) is 0 Å². The van der Waals surface area contributed by atoms with Crippen molar-refractivity contribution in [3.8, 4) is 0 Å². The van der Waals surface area contributed by atoms with Crippen molar-refractivity contribution in [3.05, 3.63) is 77.1 Å². The average Bonchev–Trinajstić information content (AvgIpc) is 3.07. The lowest BCUT2D eigenvalue weighted by atomic mass is 10.2. The van der Waals surface area contributed by atoms with E-state index in [1.807, 2.05) is 0 Å². The Kier molecular flexibility index (Phi) is 5.16. The number of halogens is 4. The van der Waals surface area contributed by atoms with Crippen LogP contribution >= 0.6 is 11.6 Å². The van der Waals surface area contributed by atoms with Crippen LogP contribution in [0.15, 0.2) is 65.8 Å². The second kappa shape index (κ2) is 7.24. The van der Waals surface area contributed by atoms with Gasteiger partial charge in [-0.3, -0.25) is 9.40 Å². The van der Waals surface area contributed by atoms with E-state index in [2.05, 4.69) is 9.82 Å². The lowest BCUT2D eigenvalue weighted by Gasteiger charge is -2.13. The quantitative estimate of drug-likeness (QED) is 0.671. The third-order valence-corrected chi connectivity index (χ3v) is 5.35. The van der Waals surface area contributed by atoms with E-state index >= 15 is 0 Å². The van der Waals surface area contributed by atoms with Crippen molar-refractivity contribution < 1.29 is 21.6 Å². The summed E-state index contributed by atoms with van der Waals surface area (Å²) in [5.41, 5.74) is -0.214. The Morgan fingerprint density at radius 3 is 2.56 bits per heavy atom. The van der Waals surface area contributed by atoms with Gasteiger partial charge < -0.3 is 0 Å². The predicted molar refractivity (Wildman–Crippen MR) is 95.0 cm³/mol. The maximum atomic E-state index is 13.0. The van der Waals surface area contributed by atoms with E-state index in [0.29, 0.717) is 12.6 Å². The van der Waals surface area contributed by atoms with Crippen LogP contribution in [0, 0.1) is 0 Å². The zero-order valence-electron chi connectivity index (χ0n) is 13.6. The molecular weight excluding hydrogens is 403 g/mol. The van der Waals surface area contributed by atoms with Crippen LogP contribution in [0.3, 0.4) is 0 Å². The molecule has 0 spiro atoms. The van der Waals surface area contributed by atoms with Crippen molar-refractivity contribution in [3.63, 3.8) is 0 Å². The summed E-state index contributed by atoms with van der Waals surface area (Å²) in [6, 6.07) is 10.7. The number of benzene rings is 2. The van der Waals surface area contributed by atoms with E-state index in [-0.39, 0.29) is 5.69 Å². The fraction of sp³-hybridized carbons (Fsp3) is 0.118. The summed E-state index contributed by atoms with van der Waals surface area (Å²) >= 11 is 5.54. The largest absolute Gasteiger partial charge is 0.417 e. The van der Waals surface area contributed by atoms with Gasteiger partial charge in [0.1, 0.15) is 0 Å². The molecule has 142 valence electrons. The van der Waals surface area contributed by atoms with Crippen LogP contribution in [-0.2, 0) is 22.7 Å². The first-order valence-electron chi connectivity index (χ1n) is 7.61. The van der Waals surface area contributed by atoms with Crippen molar-refractivity contribution in [1.82, 2.24) is 9.78 Å². The molecule has 27 heavy (non-hydrogen) atoms. The molecule has 3 aromatic rings. The van der Waals surface area contributed by atoms with Gasteiger partial charge in [0, 0.05) is 18.1 Å². The summed E-state index contributed by atoms with van der Waals surface area (Å²) in [6.45, 7) is 0.418. The van der Waals surface area contributed by atoms with Gasteiger partial charge in [0.15, 0.2) is 0 Å². The zero-order chi connectivity index (χ0) is 19.7. The summed E-state index contributed by atoms with van der Waals surface area (Å²) in [5.74, 6) is 0. The number of nitrogens with one attached hydrogen (secondary N) is 1. The molecule has 0 atom stereocenters. The Labute approximate surface area is 158 Å². The molecule has 0 aliphatic heterocycles. The first kappa shape index (κ1) is 19.2. The topological polar surface area (TPSA) is 64.0 Å². The molecular formula is C17H13ClF3N3O2S. The highest BCUT2D eigenvalue weighted by atomic mass is 35.5. The SMILES string of the molecule is O=S(=O)(Nc1cccc(Cn2cccn2)c1)c1ccc(Cl)c(C(F)(F)F)c1. The predicted octanol–water partition coefficient (Wildman–Crippen LogP) is 4.40. The lowest BCUT2D eigenvalue weighted by molar-refractivity contribution is -0.137. The molecule has 0 radical (unpaired) electrons. The molecule has 3 rings (SSSR count). The Morgan fingerprint density at radius 1 is 1.11 bits per heavy atom. The lowest BCUT2D eigenvalue weighted by Crippen LogP contribution is -2.15. The third-order valence-electron chi connectivity index (χ3n) is 3.64. The summed E-state index contributed by atoms with van der Waals surface area (Å²) in [4.78, 5) is -0.531. The second-order valence-corrected chi connectivity index (χ2v) is 7.74. The van der Waals surface area contributed by atoms with E-state index in [1.165, 1.54) is 6.07 Å². The van der Waals surface area contributed by atoms with Gasteiger partial charge in [-0.25, -0.2) is 8.42 Å². The monoisotopic (exact) mass is 415 g/mol. The number of hydrogen-bond donors (Lipinski definition) is 1. The van der Waals surface area contributed by atoms with Gasteiger partial charge in [-0.2, -0.15) is 18.3 Å². The van der Waals surface area contributed by atoms with Crippen molar-refractivity contribution in [2.24, 2.45) is 0 Å². The highest BCUT2D eigenvalue weighted by molar-refractivity contribution is 7.92. The van der Waals surface area contributed by atoms with Gasteiger partial charge in [-0.1, -0.05) is 23.7 Å². The third kappa shape index (κ3) is 4.61. The van der Waals surface area contributed by atoms with E-state index in [0.717, 1.165) is 17.7 Å². The fourth-order valence-corrected chi connectivity index (χ4v) is 3.72. The van der Waals surface area contributed by atoms with Crippen LogP contribution in [0.5, 0.6) is 0 Å². The Hall–Kier alpha value is -2.52. The van der Waals surface area contributed by atoms with E-state index in [1.54, 1.807) is 41.3 Å². The van der Waals surface area contributed by atoms with Crippen LogP contribution in [0.1, 0.15) is 11.1 Å². The Bertz CT molecular complexity index is 1050. The highest BCUT2D eigenvalue weighted by Gasteiger charge is 2.34. The Morgan fingerprint density at radius 2 is 1.89 bits per heavy atom. The number of sulfonamides is 1. The van der Waals surface area contributed by atoms with Crippen LogP contribution in [0.2, 0.25) is 5.02 Å². The summed E-state index contributed by atoms with van der Waals surface area (Å²) < 4.78 is 67.8. The van der Waals surface area contributed by atoms with Crippen molar-refractivity contribution >= 4 is 27.3 Å². The maximum absolute atomic E-state index is 13.0. The number of nitrogens with zero attached hydrogens (tertiary/aromatic N) is 2. The van der Waals surface area contributed by atoms with Gasteiger partial charge >= 0.3 is 6.18 Å². The smallest absolute Gasteiger partial charge is 0.280 e. The van der Waals surface area contributed by atoms with Gasteiger partial charge in [0.2, 0.25) is 0 Å². The minimum atomic E-state index is -4.76. The number of rotatable bonds is 5. The summed E-state index contributed by atoms with van der Waals surface area (Å²) in [5, 5.41) is 3.50. The minimum absolute atomic E-state index is 0.225. The first-order valence-corrected chi connectivity index (χ1v) is 9.47. The molecule has 0 amide bonds. The molecule has 10 heteroatoms. The molecule has 0 saturated carbocycles. The summed E-state index contributed by atoms with van der Waals surface area (Å²) in [6.07, 6.45) is -1.39. The molecule has 0 saturated heterocycles. The zero-order valence-corrected chi connectivity index (χ0v) is 15.2. The van der Waals surface area contributed by atoms with Crippen molar-refractivity contribution in [2.45, 2.75) is 17.6 Å². The van der Waals surface area contributed by atoms with E-state index < -0.39 is 31.7 Å². The molecule has 0 bridgehead atoms. The molecule has 1 heterocycles. The minimum Gasteiger partial charge on any atom is -0.280 e. The van der Waals surface area contributed by atoms with Crippen LogP contribution < -0.4 is 4.72 Å². The second-order valence-electron chi connectivity index (χ2n) is 5.65. The summed E-state index contributed by atoms with van der Waals surface area (Å²) in [7, 11) is -4.22. The molecule has 0 aliphatic rings. The first-order chi connectivity index (χ1) is 12.6. The molecule has 0 unspecified atom stereocenters. The number of aromatic nitrogens is 2. The highest BCUT2D eigenvalue weighted by Crippen LogP contribution is 2.36. The average molecular weight is 416 g/mol. The molecule has 0 aliphatic carbocycles. The molecule has 1 N–H and O–H groups in total. The molecule has 0 fully saturated rings. The van der Waals surface area contributed by atoms with Crippen molar-refractivity contribution in [2.75, 3.05) is 4.72 Å². The number of anilines is 1. The van der Waals surface area contributed by atoms with Crippen LogP contribution in [0.4, 0.5) is 18.9 Å². The maximum Gasteiger partial charge on any atom is 0.417 e. The normalized spacial score (nSPS) is 12.1. The van der Waals surface area contributed by atoms with Gasteiger partial charge in [-0.15, -0.1) is 0 Å². The van der Waals surface area contributed by atoms with Crippen LogP contribution in [-0.4, -0.2) is 18.2 Å². The Balaban J connectivity index is 1.87. The van der Waals surface area contributed by atoms with E-state index in [9.17, 15) is 21.6 Å². The fourth-order valence-electron chi connectivity index (χ4n) is 2.42. The van der Waals surface area contributed by atoms with Gasteiger partial charge in [0.05, 0.1) is 22.0 Å². The van der Waals surface area contributed by atoms with Gasteiger partial charge in [0.25, 0.3) is 10.0 Å². The van der Waals surface area contributed by atoms with E-state index in [4.69, 9.17) is 11.6 Å². The molecule has 1 aromatic heterocycles. The molecule has 5 nitrogen and oxygen atoms in total. The molecule has 2 aromatic carbocycles. The van der Waals surface area contributed by atoms with Crippen molar-refractivity contribution in [1.29, 1.82) is 0 Å². The van der Waals surface area contributed by atoms with Gasteiger partial charge in [-0.05, 0) is 42.0 Å².